The molecule has 0 aliphatic heterocycles. The molecule has 94 valence electrons. The van der Waals surface area contributed by atoms with Gasteiger partial charge in [-0.2, -0.15) is 0 Å². The van der Waals surface area contributed by atoms with Crippen molar-refractivity contribution in [3.63, 3.8) is 0 Å². The van der Waals surface area contributed by atoms with E-state index >= 15 is 0 Å². The Morgan fingerprint density at radius 2 is 1.81 bits per heavy atom. The van der Waals surface area contributed by atoms with E-state index in [9.17, 15) is 4.79 Å². The zero-order valence-electron chi connectivity index (χ0n) is 11.3. The molecule has 0 unspecified atom stereocenters. The molecule has 3 heteroatoms. The van der Waals surface area contributed by atoms with Crippen molar-refractivity contribution in [1.29, 1.82) is 0 Å². The molecule has 0 radical (unpaired) electrons. The van der Waals surface area contributed by atoms with Crippen LogP contribution in [0.1, 0.15) is 53.9 Å². The highest BCUT2D eigenvalue weighted by Crippen LogP contribution is 2.39. The van der Waals surface area contributed by atoms with Crippen LogP contribution in [0.2, 0.25) is 0 Å². The number of amides is 1. The van der Waals surface area contributed by atoms with E-state index in [0.29, 0.717) is 5.41 Å². The minimum absolute atomic E-state index is 0.0631. The van der Waals surface area contributed by atoms with E-state index < -0.39 is 11.0 Å². The molecule has 0 aromatic rings. The smallest absolute Gasteiger partial charge is 0.227 e. The molecule has 0 aromatic heterocycles. The molecule has 3 nitrogen and oxygen atoms in total. The van der Waals surface area contributed by atoms with Gasteiger partial charge in [0.15, 0.2) is 0 Å². The third kappa shape index (κ3) is 2.57. The van der Waals surface area contributed by atoms with Crippen LogP contribution in [0.3, 0.4) is 0 Å². The Balaban J connectivity index is 2.52. The highest BCUT2D eigenvalue weighted by molar-refractivity contribution is 5.83. The lowest BCUT2D eigenvalue weighted by atomic mass is 9.70. The maximum Gasteiger partial charge on any atom is 0.227 e. The Labute approximate surface area is 99.2 Å². The normalized spacial score (nSPS) is 20.1. The topological polar surface area (TPSA) is 55.1 Å². The number of nitrogens with one attached hydrogen (secondary N) is 1. The summed E-state index contributed by atoms with van der Waals surface area (Å²) < 4.78 is 0. The van der Waals surface area contributed by atoms with E-state index in [1.807, 2.05) is 27.7 Å². The summed E-state index contributed by atoms with van der Waals surface area (Å²) >= 11 is 0. The molecule has 1 aliphatic rings. The fourth-order valence-electron chi connectivity index (χ4n) is 1.76. The van der Waals surface area contributed by atoms with Crippen molar-refractivity contribution in [1.82, 2.24) is 5.32 Å². The molecule has 0 saturated heterocycles. The second kappa shape index (κ2) is 4.02. The zero-order valence-corrected chi connectivity index (χ0v) is 11.3. The van der Waals surface area contributed by atoms with Crippen LogP contribution in [-0.2, 0) is 4.79 Å². The van der Waals surface area contributed by atoms with Crippen LogP contribution < -0.4 is 11.1 Å². The quantitative estimate of drug-likeness (QED) is 0.771. The molecule has 0 bridgehead atoms. The van der Waals surface area contributed by atoms with Crippen molar-refractivity contribution in [2.75, 3.05) is 6.54 Å². The van der Waals surface area contributed by atoms with Crippen LogP contribution in [0.15, 0.2) is 0 Å². The molecule has 1 amide bonds. The molecule has 0 aromatic carbocycles. The molecule has 16 heavy (non-hydrogen) atoms. The minimum atomic E-state index is -0.535. The van der Waals surface area contributed by atoms with Gasteiger partial charge in [0.25, 0.3) is 0 Å². The number of carbonyl (C=O) groups excluding carboxylic acids is 1. The number of hydrogen-bond donors (Lipinski definition) is 2. The first kappa shape index (κ1) is 13.5. The van der Waals surface area contributed by atoms with Gasteiger partial charge >= 0.3 is 0 Å². The zero-order chi connectivity index (χ0) is 12.6. The Morgan fingerprint density at radius 3 is 2.12 bits per heavy atom. The fraction of sp³-hybridized carbons (Fsp3) is 0.923. The van der Waals surface area contributed by atoms with Crippen LogP contribution in [0.4, 0.5) is 0 Å². The second-order valence-electron chi connectivity index (χ2n) is 6.69. The number of carbonyl (C=O) groups is 1. The molecule has 1 aliphatic carbocycles. The first-order valence-electron chi connectivity index (χ1n) is 6.16. The third-order valence-electron chi connectivity index (χ3n) is 4.41. The van der Waals surface area contributed by atoms with E-state index in [1.165, 1.54) is 19.3 Å². The SMILES string of the molecule is CC1(CNC(=O)C(C)(C)C(C)(C)N)CCC1. The maximum atomic E-state index is 12.1. The Hall–Kier alpha value is -0.570. The molecule has 0 heterocycles. The molecule has 1 fully saturated rings. The predicted octanol–water partition coefficient (Wildman–Crippen LogP) is 2.06. The van der Waals surface area contributed by atoms with Crippen molar-refractivity contribution >= 4 is 5.91 Å². The van der Waals surface area contributed by atoms with Crippen LogP contribution >= 0.6 is 0 Å². The maximum absolute atomic E-state index is 12.1. The highest BCUT2D eigenvalue weighted by Gasteiger charge is 2.41. The molecular formula is C13H26N2O. The van der Waals surface area contributed by atoms with Crippen LogP contribution in [-0.4, -0.2) is 18.0 Å². The lowest BCUT2D eigenvalue weighted by Crippen LogP contribution is -2.56. The van der Waals surface area contributed by atoms with Gasteiger partial charge in [0.1, 0.15) is 0 Å². The van der Waals surface area contributed by atoms with Gasteiger partial charge in [0.05, 0.1) is 5.41 Å². The van der Waals surface area contributed by atoms with Crippen molar-refractivity contribution in [2.24, 2.45) is 16.6 Å². The summed E-state index contributed by atoms with van der Waals surface area (Å²) in [6.07, 6.45) is 3.73. The van der Waals surface area contributed by atoms with Crippen molar-refractivity contribution in [3.05, 3.63) is 0 Å². The number of rotatable bonds is 4. The first-order chi connectivity index (χ1) is 7.08. The molecular weight excluding hydrogens is 200 g/mol. The third-order valence-corrected chi connectivity index (χ3v) is 4.41. The van der Waals surface area contributed by atoms with Gasteiger partial charge in [-0.25, -0.2) is 0 Å². The van der Waals surface area contributed by atoms with E-state index in [4.69, 9.17) is 5.73 Å². The van der Waals surface area contributed by atoms with Gasteiger partial charge in [0, 0.05) is 12.1 Å². The Kier molecular flexibility index (Phi) is 3.39. The Morgan fingerprint density at radius 1 is 1.31 bits per heavy atom. The molecule has 0 atom stereocenters. The average molecular weight is 226 g/mol. The lowest BCUT2D eigenvalue weighted by Gasteiger charge is -2.41. The van der Waals surface area contributed by atoms with Crippen LogP contribution in [0, 0.1) is 10.8 Å². The average Bonchev–Trinajstić information content (AvgIpc) is 2.09. The predicted molar refractivity (Wildman–Crippen MR) is 67.0 cm³/mol. The van der Waals surface area contributed by atoms with Gasteiger partial charge in [-0.15, -0.1) is 0 Å². The van der Waals surface area contributed by atoms with Crippen molar-refractivity contribution in [2.45, 2.75) is 59.4 Å². The van der Waals surface area contributed by atoms with Gasteiger partial charge < -0.3 is 11.1 Å². The Bertz CT molecular complexity index is 272. The number of hydrogen-bond acceptors (Lipinski definition) is 2. The summed E-state index contributed by atoms with van der Waals surface area (Å²) in [5.74, 6) is 0.0631. The van der Waals surface area contributed by atoms with Gasteiger partial charge in [-0.3, -0.25) is 4.79 Å². The van der Waals surface area contributed by atoms with E-state index in [0.717, 1.165) is 6.54 Å². The summed E-state index contributed by atoms with van der Waals surface area (Å²) in [7, 11) is 0. The van der Waals surface area contributed by atoms with E-state index in [-0.39, 0.29) is 5.91 Å². The molecule has 3 N–H and O–H groups in total. The molecule has 1 rings (SSSR count). The summed E-state index contributed by atoms with van der Waals surface area (Å²) in [5, 5.41) is 3.05. The highest BCUT2D eigenvalue weighted by atomic mass is 16.2. The van der Waals surface area contributed by atoms with Crippen molar-refractivity contribution < 1.29 is 4.79 Å². The number of nitrogens with two attached hydrogens (primary N) is 1. The minimum Gasteiger partial charge on any atom is -0.355 e. The second-order valence-corrected chi connectivity index (χ2v) is 6.69. The van der Waals surface area contributed by atoms with Gasteiger partial charge in [0.2, 0.25) is 5.91 Å². The van der Waals surface area contributed by atoms with E-state index in [1.54, 1.807) is 0 Å². The fourth-order valence-corrected chi connectivity index (χ4v) is 1.76. The molecule has 1 saturated carbocycles. The largest absolute Gasteiger partial charge is 0.355 e. The van der Waals surface area contributed by atoms with Crippen LogP contribution in [0.25, 0.3) is 0 Å². The van der Waals surface area contributed by atoms with Gasteiger partial charge in [-0.1, -0.05) is 13.3 Å². The monoisotopic (exact) mass is 226 g/mol. The summed E-state index contributed by atoms with van der Waals surface area (Å²) in [4.78, 5) is 12.1. The summed E-state index contributed by atoms with van der Waals surface area (Å²) in [6.45, 7) is 10.6. The molecule has 0 spiro atoms. The standard InChI is InChI=1S/C13H26N2O/c1-11(2,12(3,4)14)10(16)15-9-13(5)7-6-8-13/h6-9,14H2,1-5H3,(H,15,16). The first-order valence-corrected chi connectivity index (χ1v) is 6.16. The van der Waals surface area contributed by atoms with Crippen molar-refractivity contribution in [3.8, 4) is 0 Å². The lowest BCUT2D eigenvalue weighted by molar-refractivity contribution is -0.133. The summed E-state index contributed by atoms with van der Waals surface area (Å²) in [6, 6.07) is 0. The van der Waals surface area contributed by atoms with Crippen LogP contribution in [0.5, 0.6) is 0 Å². The van der Waals surface area contributed by atoms with E-state index in [2.05, 4.69) is 12.2 Å². The summed E-state index contributed by atoms with van der Waals surface area (Å²) in [5.41, 5.74) is 5.33. The van der Waals surface area contributed by atoms with Gasteiger partial charge in [-0.05, 0) is 46.0 Å².